The summed E-state index contributed by atoms with van der Waals surface area (Å²) in [6.07, 6.45) is -2.06. The van der Waals surface area contributed by atoms with Crippen LogP contribution in [0.2, 0.25) is 5.02 Å². The molecule has 1 unspecified atom stereocenters. The highest BCUT2D eigenvalue weighted by Gasteiger charge is 2.46. The molecule has 0 aliphatic carbocycles. The van der Waals surface area contributed by atoms with Crippen molar-refractivity contribution in [2.24, 2.45) is 0 Å². The molecule has 4 N–H and O–H groups in total. The highest BCUT2D eigenvalue weighted by atomic mass is 35.5. The van der Waals surface area contributed by atoms with E-state index in [0.29, 0.717) is 16.2 Å². The summed E-state index contributed by atoms with van der Waals surface area (Å²) in [4.78, 5) is 12.2. The van der Waals surface area contributed by atoms with Crippen LogP contribution in [0.3, 0.4) is 0 Å². The predicted molar refractivity (Wildman–Crippen MR) is 117 cm³/mol. The number of ether oxygens (including phenoxy) is 1. The number of nitrogen functional groups attached to an aromatic ring is 1. The van der Waals surface area contributed by atoms with Crippen LogP contribution in [0.4, 0.5) is 5.82 Å². The van der Waals surface area contributed by atoms with E-state index < -0.39 is 37.4 Å². The van der Waals surface area contributed by atoms with Gasteiger partial charge in [-0.25, -0.2) is 15.0 Å². The van der Waals surface area contributed by atoms with Crippen LogP contribution in [0.15, 0.2) is 36.9 Å². The Morgan fingerprint density at radius 2 is 2.12 bits per heavy atom. The standard InChI is InChI=1S/C18H19ClN5O6PS/c19-10-3-1-2-9(4-10)11-5-27-31(32,30-11)28-6-12-14(25)15(26)18(29-12)24-8-23-13-16(20)21-7-22-17(13)24/h1-4,7-8,11-12,14-15,18,25-26H,5-6H2,(H2,20,21,22)/t11-,12+,14+,15+,18+,31?/m0/s1. The number of hydrogen-bond acceptors (Lipinski definition) is 11. The molecule has 0 radical (unpaired) electrons. The maximum atomic E-state index is 10.6. The van der Waals surface area contributed by atoms with Crippen molar-refractivity contribution < 1.29 is 28.5 Å². The van der Waals surface area contributed by atoms with Crippen molar-refractivity contribution in [3.05, 3.63) is 47.5 Å². The molecule has 4 heterocycles. The second-order valence-electron chi connectivity index (χ2n) is 7.32. The lowest BCUT2D eigenvalue weighted by Gasteiger charge is -2.19. The van der Waals surface area contributed by atoms with Crippen LogP contribution in [-0.2, 0) is 30.1 Å². The predicted octanol–water partition coefficient (Wildman–Crippen LogP) is 1.71. The fourth-order valence-corrected chi connectivity index (χ4v) is 5.84. The Morgan fingerprint density at radius 1 is 1.28 bits per heavy atom. The van der Waals surface area contributed by atoms with Crippen LogP contribution in [0, 0.1) is 0 Å². The number of aromatic nitrogens is 4. The summed E-state index contributed by atoms with van der Waals surface area (Å²) < 4.78 is 24.6. The second kappa shape index (κ2) is 8.56. The lowest BCUT2D eigenvalue weighted by molar-refractivity contribution is -0.0488. The molecular weight excluding hydrogens is 481 g/mol. The van der Waals surface area contributed by atoms with Gasteiger partial charge in [-0.3, -0.25) is 9.09 Å². The van der Waals surface area contributed by atoms with Gasteiger partial charge in [0, 0.05) is 5.02 Å². The molecular formula is C18H19ClN5O6PS. The summed E-state index contributed by atoms with van der Waals surface area (Å²) in [6.45, 7) is -2.99. The maximum Gasteiger partial charge on any atom is 0.328 e. The van der Waals surface area contributed by atoms with Crippen molar-refractivity contribution in [2.45, 2.75) is 30.6 Å². The Labute approximate surface area is 192 Å². The topological polar surface area (TPSA) is 147 Å². The van der Waals surface area contributed by atoms with Crippen LogP contribution in [0.25, 0.3) is 11.2 Å². The molecule has 2 saturated heterocycles. The minimum Gasteiger partial charge on any atom is -0.387 e. The van der Waals surface area contributed by atoms with Crippen LogP contribution in [0.1, 0.15) is 17.9 Å². The van der Waals surface area contributed by atoms with Crippen molar-refractivity contribution in [1.82, 2.24) is 19.5 Å². The maximum absolute atomic E-state index is 10.6. The number of hydrogen-bond donors (Lipinski definition) is 3. The van der Waals surface area contributed by atoms with Gasteiger partial charge in [0.1, 0.15) is 36.3 Å². The molecule has 14 heteroatoms. The zero-order chi connectivity index (χ0) is 22.5. The number of aliphatic hydroxyl groups is 2. The minimum absolute atomic E-state index is 0.141. The number of imidazole rings is 1. The quantitative estimate of drug-likeness (QED) is 0.441. The van der Waals surface area contributed by atoms with E-state index in [1.807, 2.05) is 12.1 Å². The normalized spacial score (nSPS) is 32.7. The molecule has 0 spiro atoms. The Bertz CT molecular complexity index is 1200. The molecule has 2 aliphatic heterocycles. The van der Waals surface area contributed by atoms with E-state index in [0.717, 1.165) is 5.56 Å². The van der Waals surface area contributed by atoms with Gasteiger partial charge in [-0.1, -0.05) is 23.7 Å². The number of fused-ring (bicyclic) bond motifs is 1. The van der Waals surface area contributed by atoms with Gasteiger partial charge in [0.05, 0.1) is 19.5 Å². The van der Waals surface area contributed by atoms with Gasteiger partial charge in [0.15, 0.2) is 17.7 Å². The summed E-state index contributed by atoms with van der Waals surface area (Å²) in [7, 11) is 0. The van der Waals surface area contributed by atoms with Crippen LogP contribution < -0.4 is 5.73 Å². The number of benzene rings is 1. The molecule has 3 aromatic rings. The average molecular weight is 500 g/mol. The van der Waals surface area contributed by atoms with Crippen LogP contribution >= 0.6 is 18.3 Å². The molecule has 2 aromatic heterocycles. The van der Waals surface area contributed by atoms with Gasteiger partial charge < -0.3 is 29.7 Å². The third-order valence-corrected chi connectivity index (χ3v) is 7.83. The number of halogens is 1. The molecule has 2 fully saturated rings. The smallest absolute Gasteiger partial charge is 0.328 e. The number of rotatable bonds is 5. The number of aliphatic hydroxyl groups excluding tert-OH is 2. The van der Waals surface area contributed by atoms with Gasteiger partial charge >= 0.3 is 6.72 Å². The van der Waals surface area contributed by atoms with Crippen molar-refractivity contribution in [1.29, 1.82) is 0 Å². The highest BCUT2D eigenvalue weighted by Crippen LogP contribution is 2.59. The first-order valence-electron chi connectivity index (χ1n) is 9.62. The van der Waals surface area contributed by atoms with E-state index in [1.54, 1.807) is 12.1 Å². The first-order chi connectivity index (χ1) is 15.3. The lowest BCUT2D eigenvalue weighted by atomic mass is 10.1. The summed E-state index contributed by atoms with van der Waals surface area (Å²) >= 11 is 11.5. The molecule has 0 amide bonds. The lowest BCUT2D eigenvalue weighted by Crippen LogP contribution is -2.33. The summed E-state index contributed by atoms with van der Waals surface area (Å²) in [6, 6.07) is 7.21. The SMILES string of the molecule is Nc1ncnc2c1ncn2[C@@H]1O[C@H](COP2(=S)OC[C@@H](c3cccc(Cl)c3)O2)[C@@H](O)[C@H]1O. The van der Waals surface area contributed by atoms with E-state index in [9.17, 15) is 10.2 Å². The van der Waals surface area contributed by atoms with Crippen molar-refractivity contribution in [2.75, 3.05) is 18.9 Å². The van der Waals surface area contributed by atoms with E-state index in [-0.39, 0.29) is 19.0 Å². The zero-order valence-corrected chi connectivity index (χ0v) is 18.9. The van der Waals surface area contributed by atoms with Crippen molar-refractivity contribution >= 4 is 47.1 Å². The Balaban J connectivity index is 1.26. The Hall–Kier alpha value is -1.73. The number of anilines is 1. The van der Waals surface area contributed by atoms with Gasteiger partial charge in [-0.05, 0) is 29.5 Å². The monoisotopic (exact) mass is 499 g/mol. The zero-order valence-electron chi connectivity index (χ0n) is 16.4. The van der Waals surface area contributed by atoms with Gasteiger partial charge in [-0.15, -0.1) is 0 Å². The summed E-state index contributed by atoms with van der Waals surface area (Å²) in [5, 5.41) is 21.6. The van der Waals surface area contributed by atoms with Gasteiger partial charge in [0.25, 0.3) is 0 Å². The number of nitrogens with two attached hydrogens (primary N) is 1. The molecule has 5 rings (SSSR count). The Kier molecular flexibility index (Phi) is 5.91. The highest BCUT2D eigenvalue weighted by molar-refractivity contribution is 8.07. The van der Waals surface area contributed by atoms with Crippen LogP contribution in [-0.4, -0.2) is 61.3 Å². The molecule has 0 saturated carbocycles. The first-order valence-corrected chi connectivity index (χ1v) is 12.6. The third-order valence-electron chi connectivity index (χ3n) is 5.26. The van der Waals surface area contributed by atoms with E-state index >= 15 is 0 Å². The molecule has 1 aromatic carbocycles. The molecule has 32 heavy (non-hydrogen) atoms. The summed E-state index contributed by atoms with van der Waals surface area (Å²) in [5.74, 6) is 0.198. The molecule has 0 bridgehead atoms. The average Bonchev–Trinajstić information content (AvgIpc) is 3.45. The third kappa shape index (κ3) is 4.03. The van der Waals surface area contributed by atoms with Gasteiger partial charge in [0.2, 0.25) is 0 Å². The largest absolute Gasteiger partial charge is 0.387 e. The van der Waals surface area contributed by atoms with Crippen molar-refractivity contribution in [3.8, 4) is 0 Å². The first kappa shape index (κ1) is 22.1. The van der Waals surface area contributed by atoms with E-state index in [4.69, 9.17) is 47.4 Å². The Morgan fingerprint density at radius 3 is 2.94 bits per heavy atom. The molecule has 11 nitrogen and oxygen atoms in total. The summed E-state index contributed by atoms with van der Waals surface area (Å²) in [5.41, 5.74) is 7.37. The molecule has 6 atom stereocenters. The fourth-order valence-electron chi connectivity index (χ4n) is 3.63. The number of nitrogens with zero attached hydrogens (tertiary/aromatic N) is 4. The molecule has 170 valence electrons. The van der Waals surface area contributed by atoms with E-state index in [1.165, 1.54) is 17.2 Å². The second-order valence-corrected chi connectivity index (χ2v) is 10.7. The van der Waals surface area contributed by atoms with Crippen molar-refractivity contribution in [3.63, 3.8) is 0 Å². The van der Waals surface area contributed by atoms with Crippen LogP contribution in [0.5, 0.6) is 0 Å². The molecule has 2 aliphatic rings. The fraction of sp³-hybridized carbons (Fsp3) is 0.389. The minimum atomic E-state index is -3.07. The van der Waals surface area contributed by atoms with Gasteiger partial charge in [-0.2, -0.15) is 0 Å². The van der Waals surface area contributed by atoms with E-state index in [2.05, 4.69) is 15.0 Å².